The predicted molar refractivity (Wildman–Crippen MR) is 90.3 cm³/mol. The third-order valence-electron chi connectivity index (χ3n) is 5.43. The highest BCUT2D eigenvalue weighted by Crippen LogP contribution is 2.58. The van der Waals surface area contributed by atoms with Gasteiger partial charge in [-0.3, -0.25) is 9.59 Å². The number of nitrogens with one attached hydrogen (secondary N) is 1. The number of nitrogen functional groups attached to an aromatic ring is 1. The molecule has 25 heavy (non-hydrogen) atoms. The number of oxazole rings is 1. The third kappa shape index (κ3) is 1.57. The molecule has 6 nitrogen and oxygen atoms in total. The number of carbonyl (C=O) groups is 2. The average molecular weight is 335 g/mol. The van der Waals surface area contributed by atoms with Crippen LogP contribution in [0.25, 0.3) is 11.3 Å². The van der Waals surface area contributed by atoms with Crippen molar-refractivity contribution in [3.05, 3.63) is 46.8 Å². The number of amides is 1. The first kappa shape index (κ1) is 14.5. The zero-order valence-electron chi connectivity index (χ0n) is 14.0. The van der Waals surface area contributed by atoms with Crippen LogP contribution in [0.1, 0.15) is 37.9 Å². The Morgan fingerprint density at radius 1 is 1.20 bits per heavy atom. The molecule has 1 aromatic carbocycles. The molecule has 2 aromatic rings. The van der Waals surface area contributed by atoms with E-state index in [1.165, 1.54) is 0 Å². The molecule has 5 rings (SSSR count). The molecular formula is C19H17N3O3. The van der Waals surface area contributed by atoms with Crippen molar-refractivity contribution in [3.63, 3.8) is 0 Å². The molecule has 0 unspecified atom stereocenters. The summed E-state index contributed by atoms with van der Waals surface area (Å²) in [6, 6.07) is 7.47. The van der Waals surface area contributed by atoms with Gasteiger partial charge in [-0.2, -0.15) is 4.98 Å². The van der Waals surface area contributed by atoms with Gasteiger partial charge in [0.15, 0.2) is 17.0 Å². The Bertz CT molecular complexity index is 1010. The van der Waals surface area contributed by atoms with Gasteiger partial charge in [0.05, 0.1) is 0 Å². The molecule has 0 bridgehead atoms. The molecule has 1 aromatic heterocycles. The highest BCUT2D eigenvalue weighted by atomic mass is 16.4. The smallest absolute Gasteiger partial charge is 0.292 e. The van der Waals surface area contributed by atoms with Gasteiger partial charge < -0.3 is 15.5 Å². The Kier molecular flexibility index (Phi) is 2.43. The summed E-state index contributed by atoms with van der Waals surface area (Å²) in [5.41, 5.74) is 7.51. The number of rotatable bonds is 0. The number of fused-ring (bicyclic) bond motifs is 6. The van der Waals surface area contributed by atoms with Crippen molar-refractivity contribution in [3.8, 4) is 11.3 Å². The molecule has 1 aliphatic heterocycles. The van der Waals surface area contributed by atoms with Crippen LogP contribution >= 0.6 is 0 Å². The van der Waals surface area contributed by atoms with E-state index in [0.717, 1.165) is 11.1 Å². The highest BCUT2D eigenvalue weighted by Gasteiger charge is 2.62. The van der Waals surface area contributed by atoms with Crippen LogP contribution < -0.4 is 11.1 Å². The molecule has 0 saturated carbocycles. The molecule has 0 fully saturated rings. The van der Waals surface area contributed by atoms with Crippen molar-refractivity contribution in [1.29, 1.82) is 0 Å². The van der Waals surface area contributed by atoms with Crippen LogP contribution in [0.15, 0.2) is 40.0 Å². The van der Waals surface area contributed by atoms with Gasteiger partial charge in [-0.05, 0) is 17.4 Å². The van der Waals surface area contributed by atoms with Crippen molar-refractivity contribution in [2.24, 2.45) is 5.41 Å². The standard InChI is InChI=1S/C19H17N3O3/c1-18(2)7-11-13(12(23)8-18)19(16(24)21-11)10-6-4-3-5-9(10)14-15(19)22-17(20)25-14/h3-6H,7-8H2,1-2H3,(H2,20,22)(H,21,24)/t19-/m0/s1. The number of nitrogens with zero attached hydrogens (tertiary/aromatic N) is 1. The van der Waals surface area contributed by atoms with Gasteiger partial charge in [-0.1, -0.05) is 38.1 Å². The molecule has 6 heteroatoms. The van der Waals surface area contributed by atoms with Crippen LogP contribution in [-0.4, -0.2) is 16.7 Å². The number of hydrogen-bond donors (Lipinski definition) is 2. The second kappa shape index (κ2) is 4.20. The Morgan fingerprint density at radius 3 is 2.76 bits per heavy atom. The maximum Gasteiger partial charge on any atom is 0.292 e. The molecular weight excluding hydrogens is 318 g/mol. The van der Waals surface area contributed by atoms with Gasteiger partial charge in [0.2, 0.25) is 5.91 Å². The molecule has 1 atom stereocenters. The zero-order chi connectivity index (χ0) is 17.6. The SMILES string of the molecule is CC1(C)CC(=O)C2=C(C1)NC(=O)[C@@]21c2ccccc2-c2oc(N)nc21. The van der Waals surface area contributed by atoms with Crippen LogP contribution in [0.4, 0.5) is 6.01 Å². The number of carbonyl (C=O) groups excluding carboxylic acids is 2. The summed E-state index contributed by atoms with van der Waals surface area (Å²) >= 11 is 0. The lowest BCUT2D eigenvalue weighted by Gasteiger charge is -2.32. The fourth-order valence-electron chi connectivity index (χ4n) is 4.60. The molecule has 3 aliphatic rings. The van der Waals surface area contributed by atoms with E-state index in [2.05, 4.69) is 10.3 Å². The number of nitrogens with two attached hydrogens (primary N) is 1. The topological polar surface area (TPSA) is 98.2 Å². The summed E-state index contributed by atoms with van der Waals surface area (Å²) in [6.45, 7) is 4.07. The largest absolute Gasteiger partial charge is 0.423 e. The predicted octanol–water partition coefficient (Wildman–Crippen LogP) is 2.30. The van der Waals surface area contributed by atoms with E-state index >= 15 is 0 Å². The number of anilines is 1. The van der Waals surface area contributed by atoms with Crippen molar-refractivity contribution in [2.45, 2.75) is 32.1 Å². The lowest BCUT2D eigenvalue weighted by Crippen LogP contribution is -2.40. The van der Waals surface area contributed by atoms with Gasteiger partial charge in [0, 0.05) is 23.3 Å². The first-order chi connectivity index (χ1) is 11.8. The van der Waals surface area contributed by atoms with Crippen LogP contribution in [0, 0.1) is 5.41 Å². The second-order valence-corrected chi connectivity index (χ2v) is 7.77. The third-order valence-corrected chi connectivity index (χ3v) is 5.43. The van der Waals surface area contributed by atoms with Crippen molar-refractivity contribution >= 4 is 17.7 Å². The van der Waals surface area contributed by atoms with E-state index < -0.39 is 5.41 Å². The van der Waals surface area contributed by atoms with E-state index in [0.29, 0.717) is 35.6 Å². The summed E-state index contributed by atoms with van der Waals surface area (Å²) in [6.07, 6.45) is 1.04. The van der Waals surface area contributed by atoms with Crippen LogP contribution in [0.5, 0.6) is 0 Å². The van der Waals surface area contributed by atoms with E-state index in [9.17, 15) is 9.59 Å². The summed E-state index contributed by atoms with van der Waals surface area (Å²) in [5.74, 6) is 0.214. The minimum atomic E-state index is -1.24. The van der Waals surface area contributed by atoms with Gasteiger partial charge in [0.1, 0.15) is 5.69 Å². The number of aromatic nitrogens is 1. The molecule has 2 heterocycles. The van der Waals surface area contributed by atoms with E-state index in [-0.39, 0.29) is 23.1 Å². The number of benzene rings is 1. The lowest BCUT2D eigenvalue weighted by molar-refractivity contribution is -0.124. The first-order valence-corrected chi connectivity index (χ1v) is 8.29. The van der Waals surface area contributed by atoms with Crippen LogP contribution in [-0.2, 0) is 15.0 Å². The minimum Gasteiger partial charge on any atom is -0.423 e. The second-order valence-electron chi connectivity index (χ2n) is 7.77. The monoisotopic (exact) mass is 335 g/mol. The lowest BCUT2D eigenvalue weighted by atomic mass is 9.67. The van der Waals surface area contributed by atoms with E-state index in [1.807, 2.05) is 38.1 Å². The molecule has 0 radical (unpaired) electrons. The summed E-state index contributed by atoms with van der Waals surface area (Å²) in [7, 11) is 0. The molecule has 126 valence electrons. The maximum absolute atomic E-state index is 13.2. The van der Waals surface area contributed by atoms with Gasteiger partial charge in [-0.15, -0.1) is 0 Å². The molecule has 1 amide bonds. The van der Waals surface area contributed by atoms with Crippen LogP contribution in [0.3, 0.4) is 0 Å². The quantitative estimate of drug-likeness (QED) is 0.770. The number of hydrogen-bond acceptors (Lipinski definition) is 5. The molecule has 3 N–H and O–H groups in total. The zero-order valence-corrected chi connectivity index (χ0v) is 14.0. The number of Topliss-reactive ketones (excluding diaryl/α,β-unsaturated/α-hetero) is 1. The van der Waals surface area contributed by atoms with E-state index in [1.54, 1.807) is 0 Å². The maximum atomic E-state index is 13.2. The molecule has 0 saturated heterocycles. The van der Waals surface area contributed by atoms with Gasteiger partial charge >= 0.3 is 0 Å². The summed E-state index contributed by atoms with van der Waals surface area (Å²) in [5, 5.41) is 2.96. The van der Waals surface area contributed by atoms with Crippen molar-refractivity contribution in [2.75, 3.05) is 5.73 Å². The van der Waals surface area contributed by atoms with Gasteiger partial charge in [-0.25, -0.2) is 0 Å². The molecule has 1 spiro atoms. The summed E-state index contributed by atoms with van der Waals surface area (Å²) < 4.78 is 5.60. The Labute approximate surface area is 144 Å². The minimum absolute atomic E-state index is 0.00400. The Balaban J connectivity index is 1.88. The van der Waals surface area contributed by atoms with Crippen LogP contribution in [0.2, 0.25) is 0 Å². The van der Waals surface area contributed by atoms with Crippen molar-refractivity contribution < 1.29 is 14.0 Å². The van der Waals surface area contributed by atoms with Gasteiger partial charge in [0.25, 0.3) is 6.01 Å². The Morgan fingerprint density at radius 2 is 1.96 bits per heavy atom. The fraction of sp³-hybridized carbons (Fsp3) is 0.316. The average Bonchev–Trinajstić information content (AvgIpc) is 3.11. The first-order valence-electron chi connectivity index (χ1n) is 8.29. The fourth-order valence-corrected chi connectivity index (χ4v) is 4.60. The highest BCUT2D eigenvalue weighted by molar-refractivity contribution is 6.16. The number of ketones is 1. The van der Waals surface area contributed by atoms with E-state index in [4.69, 9.17) is 10.2 Å². The summed E-state index contributed by atoms with van der Waals surface area (Å²) in [4.78, 5) is 30.6. The van der Waals surface area contributed by atoms with Crippen molar-refractivity contribution in [1.82, 2.24) is 10.3 Å². The Hall–Kier alpha value is -2.89. The normalized spacial score (nSPS) is 25.8. The molecule has 2 aliphatic carbocycles. The number of allylic oxidation sites excluding steroid dienone is 1.